The first-order valence-electron chi connectivity index (χ1n) is 7.03. The third kappa shape index (κ3) is 2.27. The fourth-order valence-electron chi connectivity index (χ4n) is 2.80. The van der Waals surface area contributed by atoms with Crippen molar-refractivity contribution in [1.82, 2.24) is 15.0 Å². The molecule has 1 aliphatic heterocycles. The molecule has 7 heteroatoms. The number of nitrogens with zero attached hydrogens (tertiary/aromatic N) is 4. The number of halogens is 1. The monoisotopic (exact) mass is 324 g/mol. The van der Waals surface area contributed by atoms with Crippen LogP contribution in [-0.2, 0) is 6.42 Å². The quantitative estimate of drug-likeness (QED) is 0.781. The summed E-state index contributed by atoms with van der Waals surface area (Å²) in [5, 5.41) is 1.41. The van der Waals surface area contributed by atoms with E-state index in [2.05, 4.69) is 21.1 Å². The van der Waals surface area contributed by atoms with Gasteiger partial charge in [-0.1, -0.05) is 17.7 Å². The molecule has 0 atom stereocenters. The van der Waals surface area contributed by atoms with Crippen LogP contribution in [0.15, 0.2) is 30.5 Å². The number of pyridine rings is 1. The average molecular weight is 325 g/mol. The molecule has 0 unspecified atom stereocenters. The number of hydrogen-bond acceptors (Lipinski definition) is 5. The second-order valence-electron chi connectivity index (χ2n) is 5.24. The zero-order valence-electron chi connectivity index (χ0n) is 12.0. The largest absolute Gasteiger partial charge is 0.363 e. The summed E-state index contributed by atoms with van der Waals surface area (Å²) in [5.41, 5.74) is 8.07. The lowest BCUT2D eigenvalue weighted by atomic mass is 10.2. The number of amides is 1. The van der Waals surface area contributed by atoms with E-state index in [1.54, 1.807) is 12.3 Å². The van der Waals surface area contributed by atoms with Gasteiger partial charge in [0.2, 0.25) is 5.82 Å². The topological polar surface area (TPSA) is 85.0 Å². The summed E-state index contributed by atoms with van der Waals surface area (Å²) in [7, 11) is 0. The van der Waals surface area contributed by atoms with Crippen molar-refractivity contribution in [3.8, 4) is 0 Å². The zero-order chi connectivity index (χ0) is 16.0. The first-order chi connectivity index (χ1) is 11.1. The normalized spacial score (nSPS) is 13.3. The van der Waals surface area contributed by atoms with Crippen molar-refractivity contribution in [3.05, 3.63) is 53.1 Å². The first-order valence-corrected chi connectivity index (χ1v) is 7.41. The maximum Gasteiger partial charge on any atom is 0.286 e. The van der Waals surface area contributed by atoms with Crippen molar-refractivity contribution in [2.24, 2.45) is 5.73 Å². The van der Waals surface area contributed by atoms with E-state index in [-0.39, 0.29) is 5.82 Å². The van der Waals surface area contributed by atoms with Crippen molar-refractivity contribution in [1.29, 1.82) is 0 Å². The Morgan fingerprint density at radius 2 is 2.22 bits per heavy atom. The van der Waals surface area contributed by atoms with E-state index in [9.17, 15) is 4.79 Å². The molecule has 1 aliphatic rings. The predicted molar refractivity (Wildman–Crippen MR) is 86.8 cm³/mol. The number of fused-ring (bicyclic) bond motifs is 2. The fraction of sp³-hybridized carbons (Fsp3) is 0.125. The lowest BCUT2D eigenvalue weighted by Crippen LogP contribution is -2.20. The highest BCUT2D eigenvalue weighted by atomic mass is 35.5. The van der Waals surface area contributed by atoms with Crippen LogP contribution < -0.4 is 10.6 Å². The van der Waals surface area contributed by atoms with Gasteiger partial charge in [0, 0.05) is 22.6 Å². The molecule has 6 nitrogen and oxygen atoms in total. The Hall–Kier alpha value is -2.73. The number of carbonyl (C=O) groups excluding carboxylic acids is 1. The molecule has 1 amide bonds. The second kappa shape index (κ2) is 5.17. The third-order valence-corrected chi connectivity index (χ3v) is 4.08. The minimum atomic E-state index is -0.675. The van der Waals surface area contributed by atoms with Crippen LogP contribution in [0, 0.1) is 6.20 Å². The number of nitrogens with two attached hydrogens (primary N) is 1. The van der Waals surface area contributed by atoms with E-state index in [1.165, 1.54) is 5.56 Å². The van der Waals surface area contributed by atoms with Crippen LogP contribution in [0.1, 0.15) is 16.2 Å². The number of benzene rings is 1. The lowest BCUT2D eigenvalue weighted by Gasteiger charge is -2.20. The smallest absolute Gasteiger partial charge is 0.286 e. The van der Waals surface area contributed by atoms with Gasteiger partial charge in [0.15, 0.2) is 0 Å². The van der Waals surface area contributed by atoms with Gasteiger partial charge in [0.1, 0.15) is 5.82 Å². The number of primary amides is 1. The zero-order valence-corrected chi connectivity index (χ0v) is 12.7. The van der Waals surface area contributed by atoms with E-state index < -0.39 is 5.91 Å². The van der Waals surface area contributed by atoms with Crippen LogP contribution >= 0.6 is 11.6 Å². The number of rotatable bonds is 2. The average Bonchev–Trinajstić information content (AvgIpc) is 2.96. The van der Waals surface area contributed by atoms with Gasteiger partial charge in [-0.3, -0.25) is 9.78 Å². The molecule has 1 radical (unpaired) electrons. The molecular weight excluding hydrogens is 314 g/mol. The molecule has 0 saturated heterocycles. The molecule has 0 bridgehead atoms. The maximum atomic E-state index is 11.5. The Morgan fingerprint density at radius 1 is 1.35 bits per heavy atom. The van der Waals surface area contributed by atoms with Crippen molar-refractivity contribution >= 4 is 39.9 Å². The fourth-order valence-corrected chi connectivity index (χ4v) is 2.97. The number of anilines is 2. The Balaban J connectivity index is 1.96. The molecule has 1 aromatic carbocycles. The summed E-state index contributed by atoms with van der Waals surface area (Å²) in [5.74, 6) is -0.0917. The van der Waals surface area contributed by atoms with Crippen molar-refractivity contribution in [2.45, 2.75) is 6.42 Å². The molecule has 0 fully saturated rings. The molecule has 4 rings (SSSR count). The third-order valence-electron chi connectivity index (χ3n) is 3.84. The van der Waals surface area contributed by atoms with Crippen LogP contribution in [0.5, 0.6) is 0 Å². The van der Waals surface area contributed by atoms with Gasteiger partial charge in [0.25, 0.3) is 5.91 Å². The van der Waals surface area contributed by atoms with E-state index >= 15 is 0 Å². The highest BCUT2D eigenvalue weighted by Gasteiger charge is 2.25. The van der Waals surface area contributed by atoms with Crippen molar-refractivity contribution in [3.63, 3.8) is 0 Å². The number of aromatic nitrogens is 3. The summed E-state index contributed by atoms with van der Waals surface area (Å²) in [6.45, 7) is 0.738. The standard InChI is InChI=1S/C16H11ClN5O/c17-10-2-1-9-4-6-22(13(9)7-10)16-11-3-5-19-8-12(11)20-15(21-16)14(18)23/h1-3,7-8H,4,6H2,(H2,18,23). The minimum absolute atomic E-state index is 0.0315. The van der Waals surface area contributed by atoms with Gasteiger partial charge in [0.05, 0.1) is 17.9 Å². The molecule has 3 heterocycles. The highest BCUT2D eigenvalue weighted by Crippen LogP contribution is 2.37. The van der Waals surface area contributed by atoms with Gasteiger partial charge in [-0.25, -0.2) is 9.97 Å². The van der Waals surface area contributed by atoms with E-state index in [1.807, 2.05) is 23.1 Å². The van der Waals surface area contributed by atoms with Gasteiger partial charge in [-0.15, -0.1) is 0 Å². The van der Waals surface area contributed by atoms with Crippen molar-refractivity contribution < 1.29 is 4.79 Å². The summed E-state index contributed by atoms with van der Waals surface area (Å²) in [6, 6.07) is 7.48. The van der Waals surface area contributed by atoms with Crippen LogP contribution in [0.25, 0.3) is 10.9 Å². The van der Waals surface area contributed by atoms with E-state index in [0.29, 0.717) is 16.4 Å². The Labute approximate surface area is 136 Å². The Kier molecular flexibility index (Phi) is 3.12. The summed E-state index contributed by atoms with van der Waals surface area (Å²) >= 11 is 6.13. The minimum Gasteiger partial charge on any atom is -0.363 e. The molecule has 2 aromatic heterocycles. The molecular formula is C16H11ClN5O. The van der Waals surface area contributed by atoms with Crippen LogP contribution in [0.4, 0.5) is 11.5 Å². The molecule has 2 N–H and O–H groups in total. The highest BCUT2D eigenvalue weighted by molar-refractivity contribution is 6.31. The van der Waals surface area contributed by atoms with E-state index in [0.717, 1.165) is 24.0 Å². The Bertz CT molecular complexity index is 943. The van der Waals surface area contributed by atoms with Gasteiger partial charge >= 0.3 is 0 Å². The molecule has 0 aliphatic carbocycles. The van der Waals surface area contributed by atoms with E-state index in [4.69, 9.17) is 17.3 Å². The summed E-state index contributed by atoms with van der Waals surface area (Å²) < 4.78 is 0. The van der Waals surface area contributed by atoms with Gasteiger partial charge in [-0.05, 0) is 30.2 Å². The molecule has 3 aromatic rings. The van der Waals surface area contributed by atoms with Gasteiger partial charge in [-0.2, -0.15) is 0 Å². The summed E-state index contributed by atoms with van der Waals surface area (Å²) in [6.07, 6.45) is 5.20. The maximum absolute atomic E-state index is 11.5. The predicted octanol–water partition coefficient (Wildman–Crippen LogP) is 2.27. The summed E-state index contributed by atoms with van der Waals surface area (Å²) in [4.78, 5) is 26.0. The van der Waals surface area contributed by atoms with Crippen LogP contribution in [0.2, 0.25) is 5.02 Å². The van der Waals surface area contributed by atoms with Gasteiger partial charge < -0.3 is 10.6 Å². The molecule has 0 saturated carbocycles. The molecule has 113 valence electrons. The number of hydrogen-bond donors (Lipinski definition) is 1. The van der Waals surface area contributed by atoms with Crippen LogP contribution in [-0.4, -0.2) is 27.4 Å². The second-order valence-corrected chi connectivity index (χ2v) is 5.68. The molecule has 23 heavy (non-hydrogen) atoms. The van der Waals surface area contributed by atoms with Crippen LogP contribution in [0.3, 0.4) is 0 Å². The number of carbonyl (C=O) groups is 1. The SMILES string of the molecule is NC(=O)c1nc(N2CCc3ccc(Cl)cc32)c2c[c]ncc2n1. The lowest BCUT2D eigenvalue weighted by molar-refractivity contribution is 0.0991. The Morgan fingerprint density at radius 3 is 3.04 bits per heavy atom. The van der Waals surface area contributed by atoms with Crippen molar-refractivity contribution in [2.75, 3.05) is 11.4 Å². The first kappa shape index (κ1) is 13.9. The molecule has 0 spiro atoms.